The van der Waals surface area contributed by atoms with Crippen LogP contribution in [0.25, 0.3) is 11.0 Å². The zero-order valence-corrected chi connectivity index (χ0v) is 12.3. The van der Waals surface area contributed by atoms with E-state index < -0.39 is 0 Å². The fourth-order valence-corrected chi connectivity index (χ4v) is 2.41. The maximum atomic E-state index is 12.4. The molecule has 1 unspecified atom stereocenters. The Morgan fingerprint density at radius 3 is 2.58 bits per heavy atom. The molecular weight excluding hydrogens is 238 g/mol. The van der Waals surface area contributed by atoms with E-state index >= 15 is 0 Å². The number of benzene rings is 1. The van der Waals surface area contributed by atoms with Gasteiger partial charge in [-0.2, -0.15) is 0 Å². The van der Waals surface area contributed by atoms with Crippen LogP contribution in [0.3, 0.4) is 0 Å². The molecule has 0 saturated carbocycles. The van der Waals surface area contributed by atoms with Crippen LogP contribution < -0.4 is 10.7 Å². The average Bonchev–Trinajstić information content (AvgIpc) is 2.37. The summed E-state index contributed by atoms with van der Waals surface area (Å²) >= 11 is 0. The number of nitrogens with one attached hydrogen (secondary N) is 1. The van der Waals surface area contributed by atoms with Gasteiger partial charge in [0.1, 0.15) is 11.3 Å². The minimum atomic E-state index is 0.0763. The van der Waals surface area contributed by atoms with Crippen LogP contribution in [0.4, 0.5) is 0 Å². The molecule has 0 bridgehead atoms. The standard InChI is InChI=1S/C16H21NO2/c1-6-17-11(4)13-7-9(2)8-14-15(18)10(3)12(5)19-16(13)14/h7-8,11,17H,6H2,1-5H3. The average molecular weight is 259 g/mol. The molecule has 0 saturated heterocycles. The van der Waals surface area contributed by atoms with Crippen molar-refractivity contribution in [1.29, 1.82) is 0 Å². The Labute approximate surface area is 113 Å². The Hall–Kier alpha value is -1.61. The van der Waals surface area contributed by atoms with Gasteiger partial charge >= 0.3 is 0 Å². The predicted molar refractivity (Wildman–Crippen MR) is 78.8 cm³/mol. The van der Waals surface area contributed by atoms with Crippen LogP contribution in [0, 0.1) is 20.8 Å². The molecule has 1 aromatic carbocycles. The molecule has 0 spiro atoms. The van der Waals surface area contributed by atoms with E-state index in [4.69, 9.17) is 4.42 Å². The van der Waals surface area contributed by atoms with Crippen LogP contribution >= 0.6 is 0 Å². The van der Waals surface area contributed by atoms with Crippen LogP contribution in [-0.2, 0) is 0 Å². The maximum absolute atomic E-state index is 12.4. The molecule has 0 amide bonds. The van der Waals surface area contributed by atoms with E-state index in [9.17, 15) is 4.79 Å². The third-order valence-electron chi connectivity index (χ3n) is 3.61. The van der Waals surface area contributed by atoms with Gasteiger partial charge in [0.25, 0.3) is 0 Å². The molecule has 0 radical (unpaired) electrons. The second-order valence-corrected chi connectivity index (χ2v) is 5.12. The highest BCUT2D eigenvalue weighted by molar-refractivity contribution is 5.81. The third-order valence-corrected chi connectivity index (χ3v) is 3.61. The molecule has 0 fully saturated rings. The van der Waals surface area contributed by atoms with Gasteiger partial charge in [0.05, 0.1) is 5.39 Å². The fraction of sp³-hybridized carbons (Fsp3) is 0.438. The SMILES string of the molecule is CCNC(C)c1cc(C)cc2c(=O)c(C)c(C)oc12. The lowest BCUT2D eigenvalue weighted by Gasteiger charge is -2.16. The molecular formula is C16H21NO2. The molecule has 0 aliphatic heterocycles. The molecule has 1 heterocycles. The largest absolute Gasteiger partial charge is 0.460 e. The number of fused-ring (bicyclic) bond motifs is 1. The Kier molecular flexibility index (Phi) is 3.76. The van der Waals surface area contributed by atoms with Crippen LogP contribution in [0.2, 0.25) is 0 Å². The molecule has 1 N–H and O–H groups in total. The lowest BCUT2D eigenvalue weighted by atomic mass is 10.0. The van der Waals surface area contributed by atoms with Gasteiger partial charge in [-0.25, -0.2) is 0 Å². The summed E-state index contributed by atoms with van der Waals surface area (Å²) in [6.07, 6.45) is 0. The maximum Gasteiger partial charge on any atom is 0.195 e. The van der Waals surface area contributed by atoms with Gasteiger partial charge in [-0.15, -0.1) is 0 Å². The van der Waals surface area contributed by atoms with Gasteiger partial charge in [-0.3, -0.25) is 4.79 Å². The highest BCUT2D eigenvalue weighted by Crippen LogP contribution is 2.26. The van der Waals surface area contributed by atoms with Crippen molar-refractivity contribution in [2.24, 2.45) is 0 Å². The van der Waals surface area contributed by atoms with Gasteiger partial charge in [0.15, 0.2) is 5.43 Å². The Morgan fingerprint density at radius 1 is 1.26 bits per heavy atom. The smallest absolute Gasteiger partial charge is 0.195 e. The first kappa shape index (κ1) is 13.8. The topological polar surface area (TPSA) is 42.2 Å². The number of hydrogen-bond acceptors (Lipinski definition) is 3. The number of rotatable bonds is 3. The first-order chi connectivity index (χ1) is 8.95. The molecule has 0 aliphatic carbocycles. The quantitative estimate of drug-likeness (QED) is 0.918. The van der Waals surface area contributed by atoms with Crippen LogP contribution in [0.15, 0.2) is 21.3 Å². The fourth-order valence-electron chi connectivity index (χ4n) is 2.41. The molecule has 2 aromatic rings. The van der Waals surface area contributed by atoms with E-state index in [0.29, 0.717) is 22.3 Å². The van der Waals surface area contributed by atoms with Gasteiger partial charge in [-0.1, -0.05) is 13.0 Å². The number of hydrogen-bond donors (Lipinski definition) is 1. The molecule has 0 aliphatic rings. The van der Waals surface area contributed by atoms with E-state index in [0.717, 1.165) is 17.7 Å². The second-order valence-electron chi connectivity index (χ2n) is 5.12. The highest BCUT2D eigenvalue weighted by Gasteiger charge is 2.15. The van der Waals surface area contributed by atoms with Crippen molar-refractivity contribution in [2.45, 2.75) is 40.7 Å². The van der Waals surface area contributed by atoms with Gasteiger partial charge in [-0.05, 0) is 45.9 Å². The lowest BCUT2D eigenvalue weighted by molar-refractivity contribution is 0.537. The molecule has 3 heteroatoms. The Balaban J connectivity index is 2.81. The van der Waals surface area contributed by atoms with Crippen molar-refractivity contribution >= 4 is 11.0 Å². The van der Waals surface area contributed by atoms with E-state index in [1.165, 1.54) is 0 Å². The van der Waals surface area contributed by atoms with E-state index in [2.05, 4.69) is 25.2 Å². The van der Waals surface area contributed by atoms with Crippen molar-refractivity contribution < 1.29 is 4.42 Å². The summed E-state index contributed by atoms with van der Waals surface area (Å²) in [5.41, 5.74) is 3.62. The van der Waals surface area contributed by atoms with Crippen LogP contribution in [-0.4, -0.2) is 6.54 Å². The van der Waals surface area contributed by atoms with E-state index in [1.807, 2.05) is 26.8 Å². The monoisotopic (exact) mass is 259 g/mol. The summed E-state index contributed by atoms with van der Waals surface area (Å²) in [5.74, 6) is 0.700. The molecule has 102 valence electrons. The minimum absolute atomic E-state index is 0.0763. The highest BCUT2D eigenvalue weighted by atomic mass is 16.3. The Bertz CT molecular complexity index is 670. The minimum Gasteiger partial charge on any atom is -0.460 e. The molecule has 3 nitrogen and oxygen atoms in total. The summed E-state index contributed by atoms with van der Waals surface area (Å²) in [5, 5.41) is 4.06. The van der Waals surface area contributed by atoms with Crippen LogP contribution in [0.1, 0.15) is 42.3 Å². The third kappa shape index (κ3) is 2.43. The zero-order chi connectivity index (χ0) is 14.2. The molecule has 19 heavy (non-hydrogen) atoms. The van der Waals surface area contributed by atoms with Crippen LogP contribution in [0.5, 0.6) is 0 Å². The Morgan fingerprint density at radius 2 is 1.95 bits per heavy atom. The number of aryl methyl sites for hydroxylation is 2. The van der Waals surface area contributed by atoms with Crippen molar-refractivity contribution in [1.82, 2.24) is 5.32 Å². The lowest BCUT2D eigenvalue weighted by Crippen LogP contribution is -2.19. The van der Waals surface area contributed by atoms with Crippen molar-refractivity contribution in [3.05, 3.63) is 44.8 Å². The van der Waals surface area contributed by atoms with E-state index in [1.54, 1.807) is 0 Å². The molecule has 1 atom stereocenters. The normalized spacial score (nSPS) is 12.9. The predicted octanol–water partition coefficient (Wildman–Crippen LogP) is 3.39. The summed E-state index contributed by atoms with van der Waals surface area (Å²) in [4.78, 5) is 12.4. The summed E-state index contributed by atoms with van der Waals surface area (Å²) < 4.78 is 5.89. The molecule has 2 rings (SSSR count). The summed E-state index contributed by atoms with van der Waals surface area (Å²) in [6, 6.07) is 4.17. The van der Waals surface area contributed by atoms with Crippen molar-refractivity contribution in [3.8, 4) is 0 Å². The van der Waals surface area contributed by atoms with Gasteiger partial charge in [0.2, 0.25) is 0 Å². The molecule has 1 aromatic heterocycles. The first-order valence-electron chi connectivity index (χ1n) is 6.73. The van der Waals surface area contributed by atoms with Gasteiger partial charge < -0.3 is 9.73 Å². The van der Waals surface area contributed by atoms with Crippen molar-refractivity contribution in [3.63, 3.8) is 0 Å². The summed E-state index contributed by atoms with van der Waals surface area (Å²) in [6.45, 7) is 10.7. The van der Waals surface area contributed by atoms with Gasteiger partial charge in [0, 0.05) is 17.2 Å². The first-order valence-corrected chi connectivity index (χ1v) is 6.73. The van der Waals surface area contributed by atoms with E-state index in [-0.39, 0.29) is 11.5 Å². The zero-order valence-electron chi connectivity index (χ0n) is 12.3. The van der Waals surface area contributed by atoms with Crippen molar-refractivity contribution in [2.75, 3.05) is 6.54 Å². The summed E-state index contributed by atoms with van der Waals surface area (Å²) in [7, 11) is 0. The second kappa shape index (κ2) is 5.17.